The number of rotatable bonds is 5. The smallest absolute Gasteiger partial charge is 0.369 e. The summed E-state index contributed by atoms with van der Waals surface area (Å²) in [4.78, 5) is 21.3. The number of nitro groups is 1. The summed E-state index contributed by atoms with van der Waals surface area (Å²) in [6.07, 6.45) is -4.92. The number of carbonyl (C=O) groups excluding carboxylic acids is 1. The maximum absolute atomic E-state index is 12.5. The van der Waals surface area contributed by atoms with Gasteiger partial charge in [0.25, 0.3) is 11.6 Å². The first-order valence-electron chi connectivity index (χ1n) is 5.88. The van der Waals surface area contributed by atoms with Crippen LogP contribution >= 0.6 is 0 Å². The summed E-state index contributed by atoms with van der Waals surface area (Å²) in [6.45, 7) is 3.03. The number of halogens is 3. The van der Waals surface area contributed by atoms with Gasteiger partial charge in [0, 0.05) is 6.07 Å². The molecule has 1 N–H and O–H groups in total. The molecule has 1 amide bonds. The minimum absolute atomic E-state index is 0.224. The third kappa shape index (κ3) is 5.03. The highest BCUT2D eigenvalue weighted by Crippen LogP contribution is 2.34. The lowest BCUT2D eigenvalue weighted by Crippen LogP contribution is -2.21. The molecule has 0 atom stereocenters. The second-order valence-electron chi connectivity index (χ2n) is 4.39. The van der Waals surface area contributed by atoms with Crippen molar-refractivity contribution in [3.05, 3.63) is 33.9 Å². The number of hydrogen-bond acceptors (Lipinski definition) is 4. The number of carbonyl (C=O) groups is 1. The maximum atomic E-state index is 12.5. The van der Waals surface area contributed by atoms with Crippen LogP contribution in [-0.2, 0) is 15.7 Å². The summed E-state index contributed by atoms with van der Waals surface area (Å²) in [6, 6.07) is 1.87. The van der Waals surface area contributed by atoms with Crippen molar-refractivity contribution in [2.75, 3.05) is 11.9 Å². The highest BCUT2D eigenvalue weighted by atomic mass is 19.4. The van der Waals surface area contributed by atoms with E-state index >= 15 is 0 Å². The number of benzene rings is 1. The van der Waals surface area contributed by atoms with Crippen molar-refractivity contribution < 1.29 is 27.6 Å². The zero-order valence-corrected chi connectivity index (χ0v) is 11.2. The Hall–Kier alpha value is -2.16. The molecule has 0 aromatic heterocycles. The number of nitrogens with zero attached hydrogens (tertiary/aromatic N) is 1. The average Bonchev–Trinajstić information content (AvgIpc) is 2.35. The fourth-order valence-electron chi connectivity index (χ4n) is 1.39. The molecular formula is C12H13F3N2O4. The third-order valence-corrected chi connectivity index (χ3v) is 2.34. The molecule has 1 rings (SSSR count). The van der Waals surface area contributed by atoms with E-state index in [-0.39, 0.29) is 18.4 Å². The zero-order valence-electron chi connectivity index (χ0n) is 11.2. The van der Waals surface area contributed by atoms with Gasteiger partial charge in [-0.15, -0.1) is 0 Å². The molecule has 0 bridgehead atoms. The topological polar surface area (TPSA) is 81.5 Å². The summed E-state index contributed by atoms with van der Waals surface area (Å²) in [5.41, 5.74) is -2.31. The van der Waals surface area contributed by atoms with Crippen molar-refractivity contribution >= 4 is 17.3 Å². The fraction of sp³-hybridized carbons (Fsp3) is 0.417. The summed E-state index contributed by atoms with van der Waals surface area (Å²) in [7, 11) is 0. The largest absolute Gasteiger partial charge is 0.416 e. The number of amides is 1. The van der Waals surface area contributed by atoms with E-state index in [4.69, 9.17) is 4.74 Å². The summed E-state index contributed by atoms with van der Waals surface area (Å²) >= 11 is 0. The Kier molecular flexibility index (Phi) is 5.25. The molecule has 21 heavy (non-hydrogen) atoms. The number of hydrogen-bond donors (Lipinski definition) is 1. The predicted molar refractivity (Wildman–Crippen MR) is 67.8 cm³/mol. The molecule has 9 heteroatoms. The lowest BCUT2D eigenvalue weighted by molar-refractivity contribution is -0.384. The highest BCUT2D eigenvalue weighted by molar-refractivity contribution is 5.94. The van der Waals surface area contributed by atoms with Gasteiger partial charge in [-0.1, -0.05) is 0 Å². The molecule has 0 aliphatic heterocycles. The first kappa shape index (κ1) is 16.9. The molecule has 1 aromatic rings. The van der Waals surface area contributed by atoms with Crippen LogP contribution < -0.4 is 5.32 Å². The van der Waals surface area contributed by atoms with Gasteiger partial charge in [-0.25, -0.2) is 0 Å². The van der Waals surface area contributed by atoms with Crippen LogP contribution in [0.3, 0.4) is 0 Å². The third-order valence-electron chi connectivity index (χ3n) is 2.34. The molecular weight excluding hydrogens is 293 g/mol. The first-order valence-corrected chi connectivity index (χ1v) is 5.88. The number of anilines is 1. The molecule has 0 spiro atoms. The summed E-state index contributed by atoms with van der Waals surface area (Å²) < 4.78 is 42.5. The second kappa shape index (κ2) is 6.53. The molecule has 0 unspecified atom stereocenters. The van der Waals surface area contributed by atoms with E-state index in [1.54, 1.807) is 13.8 Å². The number of nitro benzene ring substituents is 1. The Balaban J connectivity index is 2.97. The average molecular weight is 306 g/mol. The van der Waals surface area contributed by atoms with Crippen LogP contribution in [0.2, 0.25) is 0 Å². The molecule has 6 nitrogen and oxygen atoms in total. The Morgan fingerprint density at radius 3 is 2.52 bits per heavy atom. The van der Waals surface area contributed by atoms with Gasteiger partial charge in [0.2, 0.25) is 0 Å². The Morgan fingerprint density at radius 1 is 1.43 bits per heavy atom. The van der Waals surface area contributed by atoms with Gasteiger partial charge in [0.1, 0.15) is 12.3 Å². The predicted octanol–water partition coefficient (Wildman–Crippen LogP) is 2.98. The molecule has 0 aliphatic rings. The van der Waals surface area contributed by atoms with Crippen LogP contribution in [0.1, 0.15) is 19.4 Å². The van der Waals surface area contributed by atoms with Crippen molar-refractivity contribution in [3.8, 4) is 0 Å². The standard InChI is InChI=1S/C12H13F3N2O4/c1-7(2)21-6-11(18)16-9-4-3-8(12(13,14)15)5-10(9)17(19)20/h3-5,7H,6H2,1-2H3,(H,16,18). The van der Waals surface area contributed by atoms with Crippen molar-refractivity contribution in [2.24, 2.45) is 0 Å². The van der Waals surface area contributed by atoms with Gasteiger partial charge in [-0.2, -0.15) is 13.2 Å². The number of alkyl halides is 3. The number of nitrogens with one attached hydrogen (secondary N) is 1. The van der Waals surface area contributed by atoms with E-state index in [0.717, 1.165) is 6.07 Å². The minimum atomic E-state index is -4.70. The van der Waals surface area contributed by atoms with Crippen molar-refractivity contribution in [1.82, 2.24) is 0 Å². The van der Waals surface area contributed by atoms with Gasteiger partial charge >= 0.3 is 6.18 Å². The number of ether oxygens (including phenoxy) is 1. The van der Waals surface area contributed by atoms with E-state index in [1.807, 2.05) is 0 Å². The van der Waals surface area contributed by atoms with E-state index in [2.05, 4.69) is 5.32 Å². The SMILES string of the molecule is CC(C)OCC(=O)Nc1ccc(C(F)(F)F)cc1[N+](=O)[O-]. The van der Waals surface area contributed by atoms with E-state index in [1.165, 1.54) is 0 Å². The summed E-state index contributed by atoms with van der Waals surface area (Å²) in [5, 5.41) is 13.0. The Morgan fingerprint density at radius 2 is 2.05 bits per heavy atom. The van der Waals surface area contributed by atoms with Crippen LogP contribution in [0.15, 0.2) is 18.2 Å². The lowest BCUT2D eigenvalue weighted by atomic mass is 10.1. The van der Waals surface area contributed by atoms with Crippen LogP contribution in [0.5, 0.6) is 0 Å². The van der Waals surface area contributed by atoms with Gasteiger partial charge in [-0.3, -0.25) is 14.9 Å². The molecule has 0 aliphatic carbocycles. The Labute approximate surface area is 118 Å². The molecule has 0 saturated heterocycles. The van der Waals surface area contributed by atoms with E-state index < -0.39 is 28.3 Å². The highest BCUT2D eigenvalue weighted by Gasteiger charge is 2.33. The van der Waals surface area contributed by atoms with Gasteiger partial charge in [0.05, 0.1) is 16.6 Å². The lowest BCUT2D eigenvalue weighted by Gasteiger charge is -2.11. The van der Waals surface area contributed by atoms with Gasteiger partial charge < -0.3 is 10.1 Å². The molecule has 0 fully saturated rings. The van der Waals surface area contributed by atoms with Gasteiger partial charge in [-0.05, 0) is 26.0 Å². The molecule has 0 saturated carbocycles. The molecule has 0 radical (unpaired) electrons. The quantitative estimate of drug-likeness (QED) is 0.669. The van der Waals surface area contributed by atoms with E-state index in [9.17, 15) is 28.1 Å². The molecule has 0 heterocycles. The van der Waals surface area contributed by atoms with Gasteiger partial charge in [0.15, 0.2) is 0 Å². The van der Waals surface area contributed by atoms with Crippen molar-refractivity contribution in [1.29, 1.82) is 0 Å². The fourth-order valence-corrected chi connectivity index (χ4v) is 1.39. The zero-order chi connectivity index (χ0) is 16.2. The monoisotopic (exact) mass is 306 g/mol. The van der Waals surface area contributed by atoms with Crippen LogP contribution in [-0.4, -0.2) is 23.5 Å². The van der Waals surface area contributed by atoms with E-state index in [0.29, 0.717) is 12.1 Å². The van der Waals surface area contributed by atoms with Crippen molar-refractivity contribution in [3.63, 3.8) is 0 Å². The van der Waals surface area contributed by atoms with Crippen molar-refractivity contribution in [2.45, 2.75) is 26.1 Å². The normalized spacial score (nSPS) is 11.5. The summed E-state index contributed by atoms with van der Waals surface area (Å²) in [5.74, 6) is -0.688. The molecule has 116 valence electrons. The first-order chi connectivity index (χ1) is 9.61. The second-order valence-corrected chi connectivity index (χ2v) is 4.39. The van der Waals surface area contributed by atoms with Crippen LogP contribution in [0.25, 0.3) is 0 Å². The Bertz CT molecular complexity index is 544. The maximum Gasteiger partial charge on any atom is 0.416 e. The molecule has 1 aromatic carbocycles. The van der Waals surface area contributed by atoms with Crippen LogP contribution in [0, 0.1) is 10.1 Å². The van der Waals surface area contributed by atoms with Crippen LogP contribution in [0.4, 0.5) is 24.5 Å². The minimum Gasteiger partial charge on any atom is -0.369 e.